The Morgan fingerprint density at radius 1 is 1.11 bits per heavy atom. The number of imidazole rings is 1. The van der Waals surface area contributed by atoms with Crippen molar-refractivity contribution in [2.45, 2.75) is 12.5 Å². The first kappa shape index (κ1) is 16.6. The molecular weight excluding hydrogens is 357 g/mol. The zero-order valence-electron chi connectivity index (χ0n) is 14.9. The number of rotatable bonds is 3. The van der Waals surface area contributed by atoms with Crippen molar-refractivity contribution in [2.24, 2.45) is 0 Å². The number of hydrogen-bond donors (Lipinski definition) is 4. The molecule has 4 N–H and O–H groups in total. The number of pyridine rings is 1. The Hall–Kier alpha value is -3.61. The van der Waals surface area contributed by atoms with E-state index < -0.39 is 0 Å². The van der Waals surface area contributed by atoms with Gasteiger partial charge in [0, 0.05) is 18.0 Å². The molecule has 1 atom stereocenters. The molecule has 28 heavy (non-hydrogen) atoms. The maximum Gasteiger partial charge on any atom is 0.261 e. The molecule has 0 fully saturated rings. The SMILES string of the molecule is O=c1[nH]c2ccc(F)cc2c(N[C@H]2CC=CNC2)c1-c1nc2ccccc2[nH]1. The van der Waals surface area contributed by atoms with Crippen LogP contribution in [0.25, 0.3) is 33.3 Å². The van der Waals surface area contributed by atoms with E-state index in [4.69, 9.17) is 0 Å². The minimum Gasteiger partial charge on any atom is -0.389 e. The van der Waals surface area contributed by atoms with Crippen molar-refractivity contribution in [3.05, 3.63) is 70.9 Å². The fraction of sp³-hybridized carbons (Fsp3) is 0.143. The average molecular weight is 375 g/mol. The summed E-state index contributed by atoms with van der Waals surface area (Å²) in [5.41, 5.74) is 2.87. The quantitative estimate of drug-likeness (QED) is 0.442. The summed E-state index contributed by atoms with van der Waals surface area (Å²) in [5, 5.41) is 7.24. The van der Waals surface area contributed by atoms with Gasteiger partial charge < -0.3 is 20.6 Å². The number of benzene rings is 2. The lowest BCUT2D eigenvalue weighted by Crippen LogP contribution is -2.33. The lowest BCUT2D eigenvalue weighted by Gasteiger charge is -2.23. The monoisotopic (exact) mass is 375 g/mol. The molecule has 0 saturated heterocycles. The maximum absolute atomic E-state index is 14.0. The molecular formula is C21H18FN5O. The third-order valence-electron chi connectivity index (χ3n) is 4.97. The number of aromatic nitrogens is 3. The first-order chi connectivity index (χ1) is 13.7. The summed E-state index contributed by atoms with van der Waals surface area (Å²) in [5.74, 6) is 0.0928. The number of anilines is 1. The smallest absolute Gasteiger partial charge is 0.261 e. The fourth-order valence-corrected chi connectivity index (χ4v) is 3.64. The second-order valence-electron chi connectivity index (χ2n) is 6.88. The van der Waals surface area contributed by atoms with E-state index in [9.17, 15) is 9.18 Å². The zero-order chi connectivity index (χ0) is 19.1. The maximum atomic E-state index is 14.0. The molecule has 1 aliphatic rings. The Morgan fingerprint density at radius 3 is 2.82 bits per heavy atom. The predicted octanol–water partition coefficient (Wildman–Crippen LogP) is 3.50. The van der Waals surface area contributed by atoms with Crippen molar-refractivity contribution in [3.63, 3.8) is 0 Å². The number of aromatic amines is 2. The van der Waals surface area contributed by atoms with E-state index in [-0.39, 0.29) is 17.4 Å². The van der Waals surface area contributed by atoms with Gasteiger partial charge in [0.2, 0.25) is 0 Å². The lowest BCUT2D eigenvalue weighted by atomic mass is 10.1. The van der Waals surface area contributed by atoms with E-state index in [0.29, 0.717) is 34.5 Å². The first-order valence-corrected chi connectivity index (χ1v) is 9.14. The molecule has 7 heteroatoms. The van der Waals surface area contributed by atoms with Crippen LogP contribution in [-0.4, -0.2) is 27.5 Å². The molecule has 0 amide bonds. The Bertz CT molecular complexity index is 1240. The van der Waals surface area contributed by atoms with Gasteiger partial charge in [0.1, 0.15) is 17.2 Å². The summed E-state index contributed by atoms with van der Waals surface area (Å²) in [4.78, 5) is 23.6. The van der Waals surface area contributed by atoms with Gasteiger partial charge in [-0.25, -0.2) is 9.37 Å². The van der Waals surface area contributed by atoms with Crippen molar-refractivity contribution in [2.75, 3.05) is 11.9 Å². The molecule has 140 valence electrons. The van der Waals surface area contributed by atoms with Gasteiger partial charge in [-0.1, -0.05) is 18.2 Å². The molecule has 0 saturated carbocycles. The van der Waals surface area contributed by atoms with Gasteiger partial charge in [0.05, 0.1) is 22.2 Å². The molecule has 0 unspecified atom stereocenters. The molecule has 0 spiro atoms. The molecule has 0 aliphatic carbocycles. The van der Waals surface area contributed by atoms with Crippen molar-refractivity contribution < 1.29 is 4.39 Å². The minimum absolute atomic E-state index is 0.0707. The predicted molar refractivity (Wildman–Crippen MR) is 109 cm³/mol. The standard InChI is InChI=1S/C21H18FN5O/c22-12-7-8-15-14(10-12)19(24-13-4-3-9-23-11-13)18(21(28)27-15)20-25-16-5-1-2-6-17(16)26-20/h1-3,5-10,13,23H,4,11H2,(H,25,26)(H2,24,27,28)/t13-/m0/s1. The molecule has 3 heterocycles. The highest BCUT2D eigenvalue weighted by atomic mass is 19.1. The second-order valence-corrected chi connectivity index (χ2v) is 6.88. The number of hydrogen-bond acceptors (Lipinski definition) is 4. The van der Waals surface area contributed by atoms with Crippen LogP contribution in [0.3, 0.4) is 0 Å². The average Bonchev–Trinajstić information content (AvgIpc) is 3.13. The zero-order valence-corrected chi connectivity index (χ0v) is 14.9. The van der Waals surface area contributed by atoms with E-state index in [1.54, 1.807) is 6.07 Å². The Morgan fingerprint density at radius 2 is 2.00 bits per heavy atom. The summed E-state index contributed by atoms with van der Waals surface area (Å²) in [6, 6.07) is 12.0. The van der Waals surface area contributed by atoms with Crippen LogP contribution in [0.15, 0.2) is 59.5 Å². The lowest BCUT2D eigenvalue weighted by molar-refractivity contribution is 0.629. The van der Waals surface area contributed by atoms with Gasteiger partial charge in [-0.2, -0.15) is 0 Å². The van der Waals surface area contributed by atoms with Gasteiger partial charge in [-0.3, -0.25) is 4.79 Å². The van der Waals surface area contributed by atoms with Crippen LogP contribution in [0.5, 0.6) is 0 Å². The Labute approximate surface area is 159 Å². The van der Waals surface area contributed by atoms with Gasteiger partial charge in [-0.05, 0) is 43.0 Å². The number of fused-ring (bicyclic) bond motifs is 2. The second kappa shape index (κ2) is 6.53. The fourth-order valence-electron chi connectivity index (χ4n) is 3.64. The van der Waals surface area contributed by atoms with Crippen LogP contribution in [0.4, 0.5) is 10.1 Å². The molecule has 4 aromatic rings. The molecule has 2 aromatic carbocycles. The van der Waals surface area contributed by atoms with Crippen LogP contribution >= 0.6 is 0 Å². The van der Waals surface area contributed by atoms with Crippen LogP contribution in [-0.2, 0) is 0 Å². The highest BCUT2D eigenvalue weighted by Gasteiger charge is 2.21. The van der Waals surface area contributed by atoms with Crippen molar-refractivity contribution in [3.8, 4) is 11.4 Å². The van der Waals surface area contributed by atoms with E-state index in [1.807, 2.05) is 36.5 Å². The van der Waals surface area contributed by atoms with Gasteiger partial charge in [0.25, 0.3) is 5.56 Å². The number of halogens is 1. The van der Waals surface area contributed by atoms with Gasteiger partial charge >= 0.3 is 0 Å². The van der Waals surface area contributed by atoms with E-state index in [0.717, 1.165) is 17.5 Å². The molecule has 0 bridgehead atoms. The molecule has 2 aromatic heterocycles. The molecule has 0 radical (unpaired) electrons. The van der Waals surface area contributed by atoms with E-state index in [2.05, 4.69) is 25.6 Å². The van der Waals surface area contributed by atoms with Crippen molar-refractivity contribution in [1.82, 2.24) is 20.3 Å². The number of H-pyrrole nitrogens is 2. The van der Waals surface area contributed by atoms with Crippen LogP contribution in [0.1, 0.15) is 6.42 Å². The Kier molecular flexibility index (Phi) is 3.86. The first-order valence-electron chi connectivity index (χ1n) is 9.14. The topological polar surface area (TPSA) is 85.6 Å². The summed E-state index contributed by atoms with van der Waals surface area (Å²) < 4.78 is 14.0. The summed E-state index contributed by atoms with van der Waals surface area (Å²) >= 11 is 0. The largest absolute Gasteiger partial charge is 0.389 e. The normalized spacial score (nSPS) is 16.4. The van der Waals surface area contributed by atoms with Crippen molar-refractivity contribution in [1.29, 1.82) is 0 Å². The summed E-state index contributed by atoms with van der Waals surface area (Å²) in [6.07, 6.45) is 4.74. The van der Waals surface area contributed by atoms with Gasteiger partial charge in [0.15, 0.2) is 0 Å². The third kappa shape index (κ3) is 2.81. The summed E-state index contributed by atoms with van der Waals surface area (Å²) in [6.45, 7) is 0.708. The highest BCUT2D eigenvalue weighted by Crippen LogP contribution is 2.32. The molecule has 1 aliphatic heterocycles. The van der Waals surface area contributed by atoms with Crippen molar-refractivity contribution >= 4 is 27.6 Å². The van der Waals surface area contributed by atoms with E-state index in [1.165, 1.54) is 12.1 Å². The highest BCUT2D eigenvalue weighted by molar-refractivity contribution is 5.99. The number of nitrogens with one attached hydrogen (secondary N) is 4. The van der Waals surface area contributed by atoms with Crippen LogP contribution < -0.4 is 16.2 Å². The van der Waals surface area contributed by atoms with E-state index >= 15 is 0 Å². The summed E-state index contributed by atoms with van der Waals surface area (Å²) in [7, 11) is 0. The van der Waals surface area contributed by atoms with Gasteiger partial charge in [-0.15, -0.1) is 0 Å². The number of nitrogens with zero attached hydrogens (tertiary/aromatic N) is 1. The van der Waals surface area contributed by atoms with Crippen LogP contribution in [0, 0.1) is 5.82 Å². The third-order valence-corrected chi connectivity index (χ3v) is 4.97. The molecule has 6 nitrogen and oxygen atoms in total. The Balaban J connectivity index is 1.76. The molecule has 5 rings (SSSR count). The number of para-hydroxylation sites is 2. The minimum atomic E-state index is -0.361. The van der Waals surface area contributed by atoms with Crippen LogP contribution in [0.2, 0.25) is 0 Å².